The third-order valence-corrected chi connectivity index (χ3v) is 5.20. The van der Waals surface area contributed by atoms with Crippen molar-refractivity contribution in [3.05, 3.63) is 54.6 Å². The summed E-state index contributed by atoms with van der Waals surface area (Å²) in [5.41, 5.74) is 1.92. The number of thioether (sulfide) groups is 1. The average Bonchev–Trinajstić information content (AvgIpc) is 2.76. The van der Waals surface area contributed by atoms with Gasteiger partial charge in [0.1, 0.15) is 0 Å². The Bertz CT molecular complexity index is 855. The van der Waals surface area contributed by atoms with Crippen molar-refractivity contribution in [2.45, 2.75) is 0 Å². The van der Waals surface area contributed by atoms with Gasteiger partial charge in [-0.2, -0.15) is 0 Å². The number of ether oxygens (including phenoxy) is 1. The van der Waals surface area contributed by atoms with Gasteiger partial charge in [-0.3, -0.25) is 9.59 Å². The molecule has 158 valence electrons. The van der Waals surface area contributed by atoms with E-state index in [1.165, 1.54) is 11.8 Å². The average molecular weight is 429 g/mol. The second-order valence-electron chi connectivity index (χ2n) is 6.56. The third kappa shape index (κ3) is 7.09. The number of benzene rings is 2. The lowest BCUT2D eigenvalue weighted by molar-refractivity contribution is -0.132. The van der Waals surface area contributed by atoms with Crippen molar-refractivity contribution in [2.24, 2.45) is 0 Å². The third-order valence-electron chi connectivity index (χ3n) is 4.28. The first-order valence-corrected chi connectivity index (χ1v) is 10.7. The van der Waals surface area contributed by atoms with Gasteiger partial charge in [0.25, 0.3) is 0 Å². The Kier molecular flexibility index (Phi) is 8.10. The maximum atomic E-state index is 12.1. The molecule has 1 aliphatic heterocycles. The molecule has 1 heterocycles. The van der Waals surface area contributed by atoms with Crippen molar-refractivity contribution in [2.75, 3.05) is 53.8 Å². The van der Waals surface area contributed by atoms with E-state index in [9.17, 15) is 14.4 Å². The van der Waals surface area contributed by atoms with E-state index in [0.29, 0.717) is 43.4 Å². The van der Waals surface area contributed by atoms with Crippen LogP contribution >= 0.6 is 11.8 Å². The number of urea groups is 1. The Labute approximate surface area is 179 Å². The van der Waals surface area contributed by atoms with Gasteiger partial charge in [0.05, 0.1) is 24.7 Å². The van der Waals surface area contributed by atoms with Gasteiger partial charge in [0.15, 0.2) is 0 Å². The summed E-state index contributed by atoms with van der Waals surface area (Å²) in [7, 11) is 0. The number of carbonyl (C=O) groups is 3. The lowest BCUT2D eigenvalue weighted by Gasteiger charge is -2.26. The summed E-state index contributed by atoms with van der Waals surface area (Å²) in [4.78, 5) is 37.9. The van der Waals surface area contributed by atoms with Gasteiger partial charge in [-0.25, -0.2) is 4.79 Å². The summed E-state index contributed by atoms with van der Waals surface area (Å²) in [6.07, 6.45) is 0. The normalized spacial score (nSPS) is 13.4. The summed E-state index contributed by atoms with van der Waals surface area (Å²) in [5.74, 6) is 0.306. The van der Waals surface area contributed by atoms with Crippen molar-refractivity contribution < 1.29 is 19.1 Å². The van der Waals surface area contributed by atoms with Gasteiger partial charge in [0, 0.05) is 30.2 Å². The highest BCUT2D eigenvalue weighted by molar-refractivity contribution is 8.00. The van der Waals surface area contributed by atoms with E-state index >= 15 is 0 Å². The topological polar surface area (TPSA) is 99.8 Å². The molecule has 1 saturated heterocycles. The molecule has 30 heavy (non-hydrogen) atoms. The molecule has 0 aliphatic carbocycles. The number of morpholine rings is 1. The first-order chi connectivity index (χ1) is 14.6. The zero-order valence-electron chi connectivity index (χ0n) is 16.4. The molecule has 0 unspecified atom stereocenters. The second kappa shape index (κ2) is 11.2. The molecule has 0 saturated carbocycles. The highest BCUT2D eigenvalue weighted by Crippen LogP contribution is 2.15. The number of amides is 4. The van der Waals surface area contributed by atoms with Crippen LogP contribution in [-0.4, -0.2) is 60.6 Å². The van der Waals surface area contributed by atoms with Crippen molar-refractivity contribution in [1.29, 1.82) is 0 Å². The zero-order chi connectivity index (χ0) is 21.2. The molecule has 0 spiro atoms. The van der Waals surface area contributed by atoms with Crippen molar-refractivity contribution in [3.63, 3.8) is 0 Å². The summed E-state index contributed by atoms with van der Waals surface area (Å²) in [5, 5.41) is 8.25. The first kappa shape index (κ1) is 21.7. The molecule has 9 heteroatoms. The minimum Gasteiger partial charge on any atom is -0.378 e. The van der Waals surface area contributed by atoms with Gasteiger partial charge >= 0.3 is 6.03 Å². The van der Waals surface area contributed by atoms with Gasteiger partial charge in [0.2, 0.25) is 11.8 Å². The summed E-state index contributed by atoms with van der Waals surface area (Å²) >= 11 is 1.29. The Morgan fingerprint density at radius 2 is 1.37 bits per heavy atom. The fraction of sp³-hybridized carbons (Fsp3) is 0.286. The number of hydrogen-bond acceptors (Lipinski definition) is 5. The second-order valence-corrected chi connectivity index (χ2v) is 7.54. The molecular weight excluding hydrogens is 404 g/mol. The number of hydrogen-bond donors (Lipinski definition) is 3. The standard InChI is InChI=1S/C21H24N4O4S/c26-19(14-30-15-20(27)25-10-12-29-13-11-25)22-17-6-8-18(9-7-17)24-21(28)23-16-4-2-1-3-5-16/h1-9H,10-15H2,(H,22,26)(H2,23,24,28). The largest absolute Gasteiger partial charge is 0.378 e. The fourth-order valence-corrected chi connectivity index (χ4v) is 3.50. The molecule has 3 N–H and O–H groups in total. The number of nitrogens with zero attached hydrogens (tertiary/aromatic N) is 1. The predicted molar refractivity (Wildman–Crippen MR) is 119 cm³/mol. The monoisotopic (exact) mass is 428 g/mol. The minimum atomic E-state index is -0.348. The van der Waals surface area contributed by atoms with Crippen molar-refractivity contribution in [1.82, 2.24) is 4.90 Å². The highest BCUT2D eigenvalue weighted by Gasteiger charge is 2.17. The molecule has 2 aromatic rings. The lowest BCUT2D eigenvalue weighted by atomic mass is 10.3. The minimum absolute atomic E-state index is 0.0281. The van der Waals surface area contributed by atoms with Crippen molar-refractivity contribution in [3.8, 4) is 0 Å². The van der Waals surface area contributed by atoms with E-state index in [0.717, 1.165) is 0 Å². The van der Waals surface area contributed by atoms with E-state index in [-0.39, 0.29) is 29.4 Å². The van der Waals surface area contributed by atoms with E-state index in [1.54, 1.807) is 41.3 Å². The van der Waals surface area contributed by atoms with Crippen LogP contribution in [0, 0.1) is 0 Å². The smallest absolute Gasteiger partial charge is 0.323 e. The van der Waals surface area contributed by atoms with E-state index in [4.69, 9.17) is 4.74 Å². The predicted octanol–water partition coefficient (Wildman–Crippen LogP) is 2.86. The number of para-hydroxylation sites is 1. The molecule has 2 aromatic carbocycles. The van der Waals surface area contributed by atoms with Crippen LogP contribution in [0.4, 0.5) is 21.9 Å². The quantitative estimate of drug-likeness (QED) is 0.630. The Morgan fingerprint density at radius 1 is 0.800 bits per heavy atom. The Morgan fingerprint density at radius 3 is 2.00 bits per heavy atom. The van der Waals surface area contributed by atoms with Gasteiger partial charge < -0.3 is 25.6 Å². The zero-order valence-corrected chi connectivity index (χ0v) is 17.2. The van der Waals surface area contributed by atoms with Crippen LogP contribution in [0.25, 0.3) is 0 Å². The molecule has 0 atom stereocenters. The maximum absolute atomic E-state index is 12.1. The summed E-state index contributed by atoms with van der Waals surface area (Å²) < 4.78 is 5.22. The van der Waals surface area contributed by atoms with E-state index < -0.39 is 0 Å². The first-order valence-electron chi connectivity index (χ1n) is 9.56. The van der Waals surface area contributed by atoms with Crippen LogP contribution < -0.4 is 16.0 Å². The highest BCUT2D eigenvalue weighted by atomic mass is 32.2. The van der Waals surface area contributed by atoms with Gasteiger partial charge in [-0.1, -0.05) is 18.2 Å². The number of carbonyl (C=O) groups excluding carboxylic acids is 3. The van der Waals surface area contributed by atoms with Crippen LogP contribution in [-0.2, 0) is 14.3 Å². The molecule has 0 bridgehead atoms. The molecule has 0 radical (unpaired) electrons. The van der Waals surface area contributed by atoms with Gasteiger partial charge in [-0.05, 0) is 36.4 Å². The van der Waals surface area contributed by atoms with Crippen LogP contribution in [0.2, 0.25) is 0 Å². The number of nitrogens with one attached hydrogen (secondary N) is 3. The Hall–Kier alpha value is -3.04. The van der Waals surface area contributed by atoms with E-state index in [2.05, 4.69) is 16.0 Å². The number of rotatable bonds is 7. The maximum Gasteiger partial charge on any atom is 0.323 e. The molecule has 4 amide bonds. The fourth-order valence-electron chi connectivity index (χ4n) is 2.78. The van der Waals surface area contributed by atoms with E-state index in [1.807, 2.05) is 18.2 Å². The molecule has 8 nitrogen and oxygen atoms in total. The summed E-state index contributed by atoms with van der Waals surface area (Å²) in [6, 6.07) is 15.6. The van der Waals surface area contributed by atoms with Crippen molar-refractivity contribution >= 4 is 46.7 Å². The summed E-state index contributed by atoms with van der Waals surface area (Å²) in [6.45, 7) is 2.34. The molecular formula is C21H24N4O4S. The molecule has 1 aliphatic rings. The Balaban J connectivity index is 1.37. The van der Waals surface area contributed by atoms with Crippen LogP contribution in [0.5, 0.6) is 0 Å². The SMILES string of the molecule is O=C(CSCC(=O)N1CCOCC1)Nc1ccc(NC(=O)Nc2ccccc2)cc1. The van der Waals surface area contributed by atoms with Crippen LogP contribution in [0.1, 0.15) is 0 Å². The van der Waals surface area contributed by atoms with Crippen LogP contribution in [0.3, 0.4) is 0 Å². The lowest BCUT2D eigenvalue weighted by Crippen LogP contribution is -2.41. The molecule has 1 fully saturated rings. The molecule has 0 aromatic heterocycles. The van der Waals surface area contributed by atoms with Gasteiger partial charge in [-0.15, -0.1) is 11.8 Å². The molecule has 3 rings (SSSR count). The van der Waals surface area contributed by atoms with Crippen LogP contribution in [0.15, 0.2) is 54.6 Å². The number of anilines is 3.